The lowest BCUT2D eigenvalue weighted by atomic mass is 10.0. The van der Waals surface area contributed by atoms with Gasteiger partial charge in [0.15, 0.2) is 0 Å². The monoisotopic (exact) mass is 421 g/mol. The summed E-state index contributed by atoms with van der Waals surface area (Å²) in [4.78, 5) is 4.59. The van der Waals surface area contributed by atoms with Crippen LogP contribution in [0.15, 0.2) is 36.4 Å². The number of rotatable bonds is 7. The summed E-state index contributed by atoms with van der Waals surface area (Å²) >= 11 is 0. The average molecular weight is 422 g/mol. The Bertz CT molecular complexity index is 931. The fourth-order valence-corrected chi connectivity index (χ4v) is 5.21. The van der Waals surface area contributed by atoms with Crippen LogP contribution in [0.25, 0.3) is 0 Å². The predicted octanol–water partition coefficient (Wildman–Crippen LogP) is 3.08. The lowest BCUT2D eigenvalue weighted by Gasteiger charge is -2.35. The summed E-state index contributed by atoms with van der Waals surface area (Å²) in [5.41, 5.74) is 3.60. The molecule has 0 saturated carbocycles. The Labute approximate surface area is 172 Å². The normalized spacial score (nSPS) is 18.3. The molecule has 1 aliphatic heterocycles. The van der Waals surface area contributed by atoms with Gasteiger partial charge in [-0.2, -0.15) is 17.0 Å². The summed E-state index contributed by atoms with van der Waals surface area (Å²) < 4.78 is 47.7. The van der Waals surface area contributed by atoms with Gasteiger partial charge in [-0.25, -0.2) is 4.39 Å². The first-order valence-corrected chi connectivity index (χ1v) is 11.3. The number of nitrogens with zero attached hydrogens (tertiary/aromatic N) is 3. The summed E-state index contributed by atoms with van der Waals surface area (Å²) in [7, 11) is -3.51. The Morgan fingerprint density at radius 3 is 2.52 bits per heavy atom. The summed E-state index contributed by atoms with van der Waals surface area (Å²) in [6.45, 7) is 7.36. The van der Waals surface area contributed by atoms with Gasteiger partial charge in [-0.05, 0) is 48.7 Å². The highest BCUT2D eigenvalue weighted by Crippen LogP contribution is 2.25. The van der Waals surface area contributed by atoms with Crippen LogP contribution in [0, 0.1) is 12.7 Å². The SMILES string of the molecule is CCN(CC)S(=O)(=O)N1CCO[C@H](c2cc(Cc3ccc(F)cc3)cc(C)n2)C1. The second-order valence-electron chi connectivity index (χ2n) is 7.15. The highest BCUT2D eigenvalue weighted by atomic mass is 32.2. The van der Waals surface area contributed by atoms with Crippen LogP contribution in [0.4, 0.5) is 4.39 Å². The van der Waals surface area contributed by atoms with E-state index in [4.69, 9.17) is 4.74 Å². The smallest absolute Gasteiger partial charge is 0.282 e. The molecule has 1 saturated heterocycles. The molecule has 0 spiro atoms. The molecule has 3 rings (SSSR count). The van der Waals surface area contributed by atoms with Gasteiger partial charge in [0, 0.05) is 31.9 Å². The Balaban J connectivity index is 1.81. The van der Waals surface area contributed by atoms with E-state index in [0.717, 1.165) is 22.5 Å². The minimum Gasteiger partial charge on any atom is -0.369 e. The first kappa shape index (κ1) is 21.8. The minimum atomic E-state index is -3.51. The van der Waals surface area contributed by atoms with Gasteiger partial charge in [0.05, 0.1) is 12.3 Å². The van der Waals surface area contributed by atoms with Crippen LogP contribution in [0.3, 0.4) is 0 Å². The number of halogens is 1. The molecule has 0 aliphatic carbocycles. The second kappa shape index (κ2) is 9.30. The molecule has 1 atom stereocenters. The second-order valence-corrected chi connectivity index (χ2v) is 9.08. The molecule has 29 heavy (non-hydrogen) atoms. The predicted molar refractivity (Wildman–Crippen MR) is 110 cm³/mol. The van der Waals surface area contributed by atoms with Gasteiger partial charge in [-0.1, -0.05) is 26.0 Å². The third kappa shape index (κ3) is 5.19. The first-order valence-electron chi connectivity index (χ1n) is 9.92. The molecular formula is C21H28FN3O3S. The number of benzene rings is 1. The Morgan fingerprint density at radius 1 is 1.17 bits per heavy atom. The van der Waals surface area contributed by atoms with Gasteiger partial charge in [0.1, 0.15) is 11.9 Å². The molecular weight excluding hydrogens is 393 g/mol. The van der Waals surface area contributed by atoms with Gasteiger partial charge in [-0.3, -0.25) is 4.98 Å². The summed E-state index contributed by atoms with van der Waals surface area (Å²) in [5, 5.41) is 0. The van der Waals surface area contributed by atoms with Crippen molar-refractivity contribution in [3.63, 3.8) is 0 Å². The fraction of sp³-hybridized carbons (Fsp3) is 0.476. The van der Waals surface area contributed by atoms with Crippen molar-refractivity contribution in [3.8, 4) is 0 Å². The number of aryl methyl sites for hydroxylation is 1. The fourth-order valence-electron chi connectivity index (χ4n) is 3.60. The highest BCUT2D eigenvalue weighted by molar-refractivity contribution is 7.86. The third-order valence-corrected chi connectivity index (χ3v) is 7.22. The zero-order chi connectivity index (χ0) is 21.0. The number of ether oxygens (including phenoxy) is 1. The van der Waals surface area contributed by atoms with Crippen molar-refractivity contribution in [2.75, 3.05) is 32.8 Å². The maximum absolute atomic E-state index is 13.2. The van der Waals surface area contributed by atoms with Crippen LogP contribution in [-0.2, 0) is 21.4 Å². The van der Waals surface area contributed by atoms with E-state index in [-0.39, 0.29) is 12.4 Å². The Kier molecular flexibility index (Phi) is 7.00. The van der Waals surface area contributed by atoms with Gasteiger partial charge in [-0.15, -0.1) is 0 Å². The standard InChI is InChI=1S/C21H28FN3O3S/c1-4-24(5-2)29(26,27)25-10-11-28-21(15-25)20-14-18(12-16(3)23-20)13-17-6-8-19(22)9-7-17/h6-9,12,14,21H,4-5,10-11,13,15H2,1-3H3/t21-/m0/s1. The number of aromatic nitrogens is 1. The maximum atomic E-state index is 13.2. The van der Waals surface area contributed by atoms with E-state index in [1.807, 2.05) is 32.9 Å². The molecule has 2 heterocycles. The van der Waals surface area contributed by atoms with Crippen molar-refractivity contribution in [1.29, 1.82) is 0 Å². The van der Waals surface area contributed by atoms with Crippen molar-refractivity contribution in [1.82, 2.24) is 13.6 Å². The van der Waals surface area contributed by atoms with E-state index in [9.17, 15) is 12.8 Å². The van der Waals surface area contributed by atoms with Crippen molar-refractivity contribution >= 4 is 10.2 Å². The van der Waals surface area contributed by atoms with Crippen LogP contribution >= 0.6 is 0 Å². The van der Waals surface area contributed by atoms with Gasteiger partial charge in [0.2, 0.25) is 0 Å². The topological polar surface area (TPSA) is 62.7 Å². The molecule has 0 bridgehead atoms. The lowest BCUT2D eigenvalue weighted by Crippen LogP contribution is -2.49. The van der Waals surface area contributed by atoms with E-state index in [1.54, 1.807) is 12.1 Å². The third-order valence-electron chi connectivity index (χ3n) is 5.07. The molecule has 8 heteroatoms. The van der Waals surface area contributed by atoms with Crippen LogP contribution in [0.2, 0.25) is 0 Å². The zero-order valence-corrected chi connectivity index (χ0v) is 18.0. The Hall–Kier alpha value is -1.87. The van der Waals surface area contributed by atoms with Crippen LogP contribution in [0.1, 0.15) is 42.5 Å². The van der Waals surface area contributed by atoms with E-state index in [0.29, 0.717) is 32.7 Å². The minimum absolute atomic E-state index is 0.241. The largest absolute Gasteiger partial charge is 0.369 e. The van der Waals surface area contributed by atoms with Crippen LogP contribution < -0.4 is 0 Å². The van der Waals surface area contributed by atoms with Crippen molar-refractivity contribution < 1.29 is 17.5 Å². The average Bonchev–Trinajstić information content (AvgIpc) is 2.70. The molecule has 2 aromatic rings. The summed E-state index contributed by atoms with van der Waals surface area (Å²) in [6, 6.07) is 10.4. The molecule has 1 aliphatic rings. The number of morpholine rings is 1. The van der Waals surface area contributed by atoms with E-state index >= 15 is 0 Å². The highest BCUT2D eigenvalue weighted by Gasteiger charge is 2.34. The van der Waals surface area contributed by atoms with Gasteiger partial charge >= 0.3 is 0 Å². The first-order chi connectivity index (χ1) is 13.8. The number of pyridine rings is 1. The Morgan fingerprint density at radius 2 is 1.86 bits per heavy atom. The van der Waals surface area contributed by atoms with Crippen LogP contribution in [-0.4, -0.2) is 54.8 Å². The number of hydrogen-bond donors (Lipinski definition) is 0. The molecule has 0 N–H and O–H groups in total. The van der Waals surface area contributed by atoms with Crippen molar-refractivity contribution in [2.24, 2.45) is 0 Å². The molecule has 0 radical (unpaired) electrons. The summed E-state index contributed by atoms with van der Waals surface area (Å²) in [6.07, 6.45) is 0.228. The quantitative estimate of drug-likeness (QED) is 0.689. The molecule has 6 nitrogen and oxygen atoms in total. The zero-order valence-electron chi connectivity index (χ0n) is 17.1. The molecule has 1 aromatic heterocycles. The van der Waals surface area contributed by atoms with Crippen molar-refractivity contribution in [2.45, 2.75) is 33.3 Å². The summed E-state index contributed by atoms with van der Waals surface area (Å²) in [5.74, 6) is -0.259. The van der Waals surface area contributed by atoms with E-state index < -0.39 is 16.3 Å². The molecule has 0 unspecified atom stereocenters. The van der Waals surface area contributed by atoms with Crippen molar-refractivity contribution in [3.05, 3.63) is 64.7 Å². The van der Waals surface area contributed by atoms with E-state index in [2.05, 4.69) is 4.98 Å². The maximum Gasteiger partial charge on any atom is 0.282 e. The van der Waals surface area contributed by atoms with E-state index in [1.165, 1.54) is 20.7 Å². The molecule has 1 fully saturated rings. The number of hydrogen-bond acceptors (Lipinski definition) is 4. The van der Waals surface area contributed by atoms with Gasteiger partial charge < -0.3 is 4.74 Å². The van der Waals surface area contributed by atoms with Crippen LogP contribution in [0.5, 0.6) is 0 Å². The molecule has 0 amide bonds. The lowest BCUT2D eigenvalue weighted by molar-refractivity contribution is -0.00668. The van der Waals surface area contributed by atoms with Gasteiger partial charge in [0.25, 0.3) is 10.2 Å². The molecule has 158 valence electrons. The molecule has 1 aromatic carbocycles.